The average molecular weight is 542 g/mol. The fraction of sp³-hybridized carbons (Fsp3) is 0.323. The summed E-state index contributed by atoms with van der Waals surface area (Å²) in [5.74, 6) is 2.79. The molecule has 0 spiro atoms. The van der Waals surface area contributed by atoms with E-state index in [2.05, 4.69) is 17.1 Å². The quantitative estimate of drug-likeness (QED) is 0.356. The second-order valence-electron chi connectivity index (χ2n) is 10.4. The van der Waals surface area contributed by atoms with Gasteiger partial charge in [0.15, 0.2) is 11.5 Å². The molecule has 1 aromatic heterocycles. The Labute approximate surface area is 234 Å². The summed E-state index contributed by atoms with van der Waals surface area (Å²) >= 11 is 0. The van der Waals surface area contributed by atoms with Gasteiger partial charge >= 0.3 is 0 Å². The number of fused-ring (bicyclic) bond motifs is 1. The topological polar surface area (TPSA) is 103 Å². The van der Waals surface area contributed by atoms with E-state index in [0.29, 0.717) is 65.9 Å². The van der Waals surface area contributed by atoms with Crippen LogP contribution in [-0.2, 0) is 5.60 Å². The van der Waals surface area contributed by atoms with E-state index in [9.17, 15) is 4.79 Å². The van der Waals surface area contributed by atoms with Gasteiger partial charge in [-0.2, -0.15) is 4.98 Å². The number of aryl methyl sites for hydroxylation is 1. The predicted molar refractivity (Wildman–Crippen MR) is 156 cm³/mol. The van der Waals surface area contributed by atoms with Crippen LogP contribution in [0.1, 0.15) is 35.3 Å². The number of benzene rings is 3. The molecule has 9 heteroatoms. The van der Waals surface area contributed by atoms with E-state index >= 15 is 0 Å². The number of hydrogen-bond donors (Lipinski definition) is 1. The van der Waals surface area contributed by atoms with Crippen molar-refractivity contribution >= 4 is 28.6 Å². The number of hydrogen-bond acceptors (Lipinski definition) is 8. The highest BCUT2D eigenvalue weighted by molar-refractivity contribution is 5.95. The van der Waals surface area contributed by atoms with Crippen molar-refractivity contribution in [2.45, 2.75) is 26.4 Å². The molecule has 208 valence electrons. The van der Waals surface area contributed by atoms with Gasteiger partial charge in [0.1, 0.15) is 17.2 Å². The molecular formula is C31H35N5O4. The summed E-state index contributed by atoms with van der Waals surface area (Å²) in [6.07, 6.45) is 0. The third-order valence-corrected chi connectivity index (χ3v) is 7.32. The Morgan fingerprint density at radius 2 is 1.55 bits per heavy atom. The lowest BCUT2D eigenvalue weighted by Gasteiger charge is -2.35. The Morgan fingerprint density at radius 3 is 2.20 bits per heavy atom. The molecule has 4 aromatic rings. The SMILES string of the molecule is COc1cc2nc(N3CCN(C(=O)c4ccc(OC(C)(C)c5ccccc5)c(C)c4)CC3)nc(N)c2cc1OC. The minimum Gasteiger partial charge on any atom is -0.493 e. The van der Waals surface area contributed by atoms with Crippen LogP contribution >= 0.6 is 0 Å². The van der Waals surface area contributed by atoms with Crippen molar-refractivity contribution in [3.63, 3.8) is 0 Å². The molecular weight excluding hydrogens is 506 g/mol. The Kier molecular flexibility index (Phi) is 7.38. The second-order valence-corrected chi connectivity index (χ2v) is 10.4. The summed E-state index contributed by atoms with van der Waals surface area (Å²) in [5.41, 5.74) is 9.10. The molecule has 0 radical (unpaired) electrons. The van der Waals surface area contributed by atoms with Gasteiger partial charge in [0.05, 0.1) is 19.7 Å². The maximum Gasteiger partial charge on any atom is 0.253 e. The molecule has 2 heterocycles. The fourth-order valence-electron chi connectivity index (χ4n) is 4.97. The molecule has 2 N–H and O–H groups in total. The molecule has 1 aliphatic rings. The number of aromatic nitrogens is 2. The number of amides is 1. The number of carbonyl (C=O) groups excluding carboxylic acids is 1. The van der Waals surface area contributed by atoms with Crippen LogP contribution in [0, 0.1) is 6.92 Å². The second kappa shape index (κ2) is 10.9. The standard InChI is InChI=1S/C31H35N5O4/c1-20-17-21(11-12-25(20)40-31(2,3)22-9-7-6-8-10-22)29(37)35-13-15-36(16-14-35)30-33-24-19-27(39-5)26(38-4)18-23(24)28(32)34-30/h6-12,17-19H,13-16H2,1-5H3,(H2,32,33,34). The maximum atomic E-state index is 13.4. The molecule has 1 amide bonds. The van der Waals surface area contributed by atoms with Crippen LogP contribution in [0.5, 0.6) is 17.2 Å². The van der Waals surface area contributed by atoms with E-state index in [-0.39, 0.29) is 5.91 Å². The van der Waals surface area contributed by atoms with Gasteiger partial charge in [-0.3, -0.25) is 4.79 Å². The molecule has 0 atom stereocenters. The van der Waals surface area contributed by atoms with Gasteiger partial charge in [-0.1, -0.05) is 30.3 Å². The van der Waals surface area contributed by atoms with E-state index in [0.717, 1.165) is 16.9 Å². The lowest BCUT2D eigenvalue weighted by atomic mass is 9.98. The highest BCUT2D eigenvalue weighted by atomic mass is 16.5. The minimum atomic E-state index is -0.501. The van der Waals surface area contributed by atoms with Crippen LogP contribution < -0.4 is 24.8 Å². The number of carbonyl (C=O) groups is 1. The molecule has 0 aliphatic carbocycles. The number of methoxy groups -OCH3 is 2. The van der Waals surface area contributed by atoms with Crippen molar-refractivity contribution in [3.05, 3.63) is 77.4 Å². The van der Waals surface area contributed by atoms with Gasteiger partial charge in [0.25, 0.3) is 5.91 Å². The van der Waals surface area contributed by atoms with Crippen LogP contribution in [0.25, 0.3) is 10.9 Å². The third-order valence-electron chi connectivity index (χ3n) is 7.32. The molecule has 1 aliphatic heterocycles. The molecule has 0 unspecified atom stereocenters. The Hall–Kier alpha value is -4.53. The van der Waals surface area contributed by atoms with Crippen LogP contribution in [-0.4, -0.2) is 61.2 Å². The summed E-state index contributed by atoms with van der Waals surface area (Å²) in [6, 6.07) is 19.3. The first kappa shape index (κ1) is 27.1. The number of rotatable bonds is 7. The largest absolute Gasteiger partial charge is 0.493 e. The van der Waals surface area contributed by atoms with Gasteiger partial charge in [-0.15, -0.1) is 0 Å². The Morgan fingerprint density at radius 1 is 0.875 bits per heavy atom. The normalized spacial score (nSPS) is 13.8. The van der Waals surface area contributed by atoms with Gasteiger partial charge in [0, 0.05) is 43.2 Å². The zero-order chi connectivity index (χ0) is 28.4. The van der Waals surface area contributed by atoms with Crippen molar-refractivity contribution in [2.24, 2.45) is 0 Å². The Bertz CT molecular complexity index is 1530. The molecule has 40 heavy (non-hydrogen) atoms. The Balaban J connectivity index is 1.26. The number of piperazine rings is 1. The number of ether oxygens (including phenoxy) is 3. The van der Waals surface area contributed by atoms with Gasteiger partial charge in [0.2, 0.25) is 5.95 Å². The summed E-state index contributed by atoms with van der Waals surface area (Å²) in [4.78, 5) is 26.5. The zero-order valence-corrected chi connectivity index (χ0v) is 23.6. The summed E-state index contributed by atoms with van der Waals surface area (Å²) in [6.45, 7) is 8.33. The highest BCUT2D eigenvalue weighted by Crippen LogP contribution is 2.34. The zero-order valence-electron chi connectivity index (χ0n) is 23.6. The number of nitrogens with two attached hydrogens (primary N) is 1. The predicted octanol–water partition coefficient (Wildman–Crippen LogP) is 4.81. The summed E-state index contributed by atoms with van der Waals surface area (Å²) < 4.78 is 17.2. The number of nitrogen functional groups attached to an aromatic ring is 1. The molecule has 0 saturated carbocycles. The molecule has 1 fully saturated rings. The maximum absolute atomic E-state index is 13.4. The number of anilines is 2. The monoisotopic (exact) mass is 541 g/mol. The van der Waals surface area contributed by atoms with Crippen LogP contribution in [0.2, 0.25) is 0 Å². The lowest BCUT2D eigenvalue weighted by Crippen LogP contribution is -2.49. The first-order valence-corrected chi connectivity index (χ1v) is 13.3. The van der Waals surface area contributed by atoms with Crippen molar-refractivity contribution in [2.75, 3.05) is 51.0 Å². The highest BCUT2D eigenvalue weighted by Gasteiger charge is 2.26. The lowest BCUT2D eigenvalue weighted by molar-refractivity contribution is 0.0746. The smallest absolute Gasteiger partial charge is 0.253 e. The fourth-order valence-corrected chi connectivity index (χ4v) is 4.97. The first-order chi connectivity index (χ1) is 19.2. The van der Waals surface area contributed by atoms with E-state index in [1.807, 2.05) is 67.0 Å². The average Bonchev–Trinajstić information content (AvgIpc) is 2.97. The van der Waals surface area contributed by atoms with Crippen molar-refractivity contribution < 1.29 is 19.0 Å². The minimum absolute atomic E-state index is 0.00704. The van der Waals surface area contributed by atoms with Crippen molar-refractivity contribution in [1.29, 1.82) is 0 Å². The van der Waals surface area contributed by atoms with E-state index in [4.69, 9.17) is 24.9 Å². The molecule has 3 aromatic carbocycles. The van der Waals surface area contributed by atoms with Gasteiger partial charge in [-0.25, -0.2) is 4.98 Å². The summed E-state index contributed by atoms with van der Waals surface area (Å²) in [7, 11) is 3.16. The van der Waals surface area contributed by atoms with Gasteiger partial charge in [-0.05, 0) is 56.2 Å². The van der Waals surface area contributed by atoms with Crippen molar-refractivity contribution in [3.8, 4) is 17.2 Å². The van der Waals surface area contributed by atoms with Crippen molar-refractivity contribution in [1.82, 2.24) is 14.9 Å². The third kappa shape index (κ3) is 5.32. The molecule has 5 rings (SSSR count). The number of nitrogens with zero attached hydrogens (tertiary/aromatic N) is 4. The van der Waals surface area contributed by atoms with Crippen LogP contribution in [0.3, 0.4) is 0 Å². The van der Waals surface area contributed by atoms with Crippen LogP contribution in [0.15, 0.2) is 60.7 Å². The van der Waals surface area contributed by atoms with Crippen LogP contribution in [0.4, 0.5) is 11.8 Å². The van der Waals surface area contributed by atoms with E-state index in [1.54, 1.807) is 26.4 Å². The van der Waals surface area contributed by atoms with E-state index in [1.165, 1.54) is 0 Å². The molecule has 1 saturated heterocycles. The van der Waals surface area contributed by atoms with E-state index < -0.39 is 5.60 Å². The van der Waals surface area contributed by atoms with Gasteiger partial charge < -0.3 is 29.7 Å². The summed E-state index contributed by atoms with van der Waals surface area (Å²) in [5, 5.41) is 0.699. The first-order valence-electron chi connectivity index (χ1n) is 13.3. The molecule has 0 bridgehead atoms. The molecule has 9 nitrogen and oxygen atoms in total.